The average Bonchev–Trinajstić information content (AvgIpc) is 2.70. The van der Waals surface area contributed by atoms with Crippen molar-refractivity contribution in [2.24, 2.45) is 0 Å². The maximum absolute atomic E-state index is 13.1. The summed E-state index contributed by atoms with van der Waals surface area (Å²) in [7, 11) is 0. The van der Waals surface area contributed by atoms with Gasteiger partial charge < -0.3 is 4.90 Å². The van der Waals surface area contributed by atoms with E-state index in [1.54, 1.807) is 12.1 Å². The van der Waals surface area contributed by atoms with E-state index in [0.29, 0.717) is 0 Å². The summed E-state index contributed by atoms with van der Waals surface area (Å²) in [6.45, 7) is 7.00. The van der Waals surface area contributed by atoms with E-state index in [0.717, 1.165) is 44.0 Å². The Kier molecular flexibility index (Phi) is 5.57. The maximum Gasteiger partial charge on any atom is 0.123 e. The van der Waals surface area contributed by atoms with Gasteiger partial charge in [-0.15, -0.1) is 0 Å². The van der Waals surface area contributed by atoms with Crippen molar-refractivity contribution in [3.05, 3.63) is 30.1 Å². The van der Waals surface area contributed by atoms with Crippen molar-refractivity contribution in [1.82, 2.24) is 9.80 Å². The van der Waals surface area contributed by atoms with Crippen LogP contribution in [0.25, 0.3) is 0 Å². The van der Waals surface area contributed by atoms with Gasteiger partial charge in [-0.1, -0.05) is 19.3 Å². The number of rotatable bonds is 3. The van der Waals surface area contributed by atoms with Crippen molar-refractivity contribution in [2.75, 3.05) is 44.2 Å². The van der Waals surface area contributed by atoms with Crippen LogP contribution in [-0.4, -0.2) is 61.2 Å². The Morgan fingerprint density at radius 3 is 2.08 bits per heavy atom. The molecular formula is C21H32FN3. The van der Waals surface area contributed by atoms with Gasteiger partial charge in [-0.3, -0.25) is 9.80 Å². The molecule has 0 radical (unpaired) electrons. The monoisotopic (exact) mass is 345 g/mol. The lowest BCUT2D eigenvalue weighted by Gasteiger charge is -2.46. The highest BCUT2D eigenvalue weighted by Crippen LogP contribution is 2.27. The highest BCUT2D eigenvalue weighted by molar-refractivity contribution is 5.46. The fraction of sp³-hybridized carbons (Fsp3) is 0.714. The van der Waals surface area contributed by atoms with Gasteiger partial charge in [0, 0.05) is 50.5 Å². The second-order valence-electron chi connectivity index (χ2n) is 8.08. The van der Waals surface area contributed by atoms with Crippen LogP contribution in [0.2, 0.25) is 0 Å². The van der Waals surface area contributed by atoms with Crippen LogP contribution in [0.4, 0.5) is 10.1 Å². The first-order valence-corrected chi connectivity index (χ1v) is 10.3. The number of halogens is 1. The standard InChI is InChI=1S/C21H32FN3/c22-18-8-10-20(11-9-18)23-13-15-24(16-14-23)21-7-4-12-25(17-21)19-5-2-1-3-6-19/h8-11,19,21H,1-7,12-17H2/t21-/m1/s1. The van der Waals surface area contributed by atoms with E-state index >= 15 is 0 Å². The largest absolute Gasteiger partial charge is 0.369 e. The van der Waals surface area contributed by atoms with E-state index in [1.165, 1.54) is 58.0 Å². The molecule has 1 aromatic rings. The summed E-state index contributed by atoms with van der Waals surface area (Å²) >= 11 is 0. The molecule has 0 amide bonds. The Morgan fingerprint density at radius 1 is 0.680 bits per heavy atom. The molecule has 0 bridgehead atoms. The minimum absolute atomic E-state index is 0.146. The van der Waals surface area contributed by atoms with Gasteiger partial charge in [0.05, 0.1) is 0 Å². The summed E-state index contributed by atoms with van der Waals surface area (Å²) in [6.07, 6.45) is 9.87. The molecule has 138 valence electrons. The molecule has 2 heterocycles. The summed E-state index contributed by atoms with van der Waals surface area (Å²) < 4.78 is 13.1. The molecule has 0 N–H and O–H groups in total. The van der Waals surface area contributed by atoms with Gasteiger partial charge in [0.1, 0.15) is 5.82 Å². The molecule has 1 saturated carbocycles. The van der Waals surface area contributed by atoms with E-state index in [1.807, 2.05) is 12.1 Å². The van der Waals surface area contributed by atoms with Crippen LogP contribution < -0.4 is 4.90 Å². The molecule has 2 saturated heterocycles. The maximum atomic E-state index is 13.1. The predicted octanol–water partition coefficient (Wildman–Crippen LogP) is 3.74. The van der Waals surface area contributed by atoms with Gasteiger partial charge in [-0.25, -0.2) is 4.39 Å². The summed E-state index contributed by atoms with van der Waals surface area (Å²) in [4.78, 5) is 7.92. The van der Waals surface area contributed by atoms with Crippen LogP contribution in [0.1, 0.15) is 44.9 Å². The van der Waals surface area contributed by atoms with Gasteiger partial charge in [0.25, 0.3) is 0 Å². The molecule has 4 heteroatoms. The summed E-state index contributed by atoms with van der Waals surface area (Å²) in [6, 6.07) is 8.57. The first kappa shape index (κ1) is 17.3. The highest BCUT2D eigenvalue weighted by atomic mass is 19.1. The molecule has 3 fully saturated rings. The van der Waals surface area contributed by atoms with Crippen LogP contribution in [0, 0.1) is 5.82 Å². The van der Waals surface area contributed by atoms with Gasteiger partial charge >= 0.3 is 0 Å². The van der Waals surface area contributed by atoms with Crippen LogP contribution in [-0.2, 0) is 0 Å². The third kappa shape index (κ3) is 4.17. The number of hydrogen-bond donors (Lipinski definition) is 0. The molecular weight excluding hydrogens is 313 g/mol. The topological polar surface area (TPSA) is 9.72 Å². The minimum Gasteiger partial charge on any atom is -0.369 e. The molecule has 1 aliphatic carbocycles. The number of nitrogens with zero attached hydrogens (tertiary/aromatic N) is 3. The number of piperazine rings is 1. The van der Waals surface area contributed by atoms with Crippen LogP contribution in [0.5, 0.6) is 0 Å². The van der Waals surface area contributed by atoms with E-state index < -0.39 is 0 Å². The molecule has 25 heavy (non-hydrogen) atoms. The molecule has 2 aliphatic heterocycles. The van der Waals surface area contributed by atoms with Gasteiger partial charge in [-0.2, -0.15) is 0 Å². The second-order valence-corrected chi connectivity index (χ2v) is 8.08. The normalized spacial score (nSPS) is 27.6. The summed E-state index contributed by atoms with van der Waals surface area (Å²) in [5.41, 5.74) is 1.16. The molecule has 1 atom stereocenters. The van der Waals surface area contributed by atoms with Crippen molar-refractivity contribution in [3.63, 3.8) is 0 Å². The van der Waals surface area contributed by atoms with E-state index in [-0.39, 0.29) is 5.82 Å². The predicted molar refractivity (Wildman–Crippen MR) is 102 cm³/mol. The Balaban J connectivity index is 1.30. The molecule has 0 unspecified atom stereocenters. The summed E-state index contributed by atoms with van der Waals surface area (Å²) in [5.74, 6) is -0.146. The Hall–Kier alpha value is -1.13. The Labute approximate surface area is 151 Å². The molecule has 3 aliphatic rings. The van der Waals surface area contributed by atoms with Crippen molar-refractivity contribution >= 4 is 5.69 Å². The van der Waals surface area contributed by atoms with Crippen LogP contribution in [0.15, 0.2) is 24.3 Å². The van der Waals surface area contributed by atoms with Crippen LogP contribution in [0.3, 0.4) is 0 Å². The van der Waals surface area contributed by atoms with Gasteiger partial charge in [-0.05, 0) is 56.5 Å². The Bertz CT molecular complexity index is 533. The van der Waals surface area contributed by atoms with E-state index in [4.69, 9.17) is 0 Å². The minimum atomic E-state index is -0.146. The zero-order valence-corrected chi connectivity index (χ0v) is 15.4. The zero-order valence-electron chi connectivity index (χ0n) is 15.4. The molecule has 4 rings (SSSR count). The van der Waals surface area contributed by atoms with Crippen LogP contribution >= 0.6 is 0 Å². The molecule has 0 aromatic heterocycles. The lowest BCUT2D eigenvalue weighted by molar-refractivity contribution is 0.0553. The number of anilines is 1. The van der Waals surface area contributed by atoms with E-state index in [9.17, 15) is 4.39 Å². The smallest absolute Gasteiger partial charge is 0.123 e. The quantitative estimate of drug-likeness (QED) is 0.826. The van der Waals surface area contributed by atoms with Crippen molar-refractivity contribution in [1.29, 1.82) is 0 Å². The first-order chi connectivity index (χ1) is 12.3. The van der Waals surface area contributed by atoms with Crippen molar-refractivity contribution in [3.8, 4) is 0 Å². The first-order valence-electron chi connectivity index (χ1n) is 10.3. The number of likely N-dealkylation sites (tertiary alicyclic amines) is 1. The van der Waals surface area contributed by atoms with E-state index in [2.05, 4.69) is 14.7 Å². The zero-order chi connectivity index (χ0) is 17.1. The lowest BCUT2D eigenvalue weighted by atomic mass is 9.91. The molecule has 0 spiro atoms. The van der Waals surface area contributed by atoms with Crippen molar-refractivity contribution < 1.29 is 4.39 Å². The van der Waals surface area contributed by atoms with Gasteiger partial charge in [0.2, 0.25) is 0 Å². The Morgan fingerprint density at radius 2 is 1.36 bits per heavy atom. The molecule has 1 aromatic carbocycles. The number of piperidine rings is 1. The number of benzene rings is 1. The SMILES string of the molecule is Fc1ccc(N2CCN([C@@H]3CCCN(C4CCCCC4)C3)CC2)cc1. The van der Waals surface area contributed by atoms with Crippen molar-refractivity contribution in [2.45, 2.75) is 57.0 Å². The fourth-order valence-electron chi connectivity index (χ4n) is 5.06. The third-order valence-corrected chi connectivity index (χ3v) is 6.54. The number of hydrogen-bond acceptors (Lipinski definition) is 3. The highest BCUT2D eigenvalue weighted by Gasteiger charge is 2.31. The second kappa shape index (κ2) is 8.05. The average molecular weight is 346 g/mol. The van der Waals surface area contributed by atoms with Gasteiger partial charge in [0.15, 0.2) is 0 Å². The summed E-state index contributed by atoms with van der Waals surface area (Å²) in [5, 5.41) is 0. The molecule has 3 nitrogen and oxygen atoms in total. The third-order valence-electron chi connectivity index (χ3n) is 6.54. The lowest BCUT2D eigenvalue weighted by Crippen LogP contribution is -2.56. The fourth-order valence-corrected chi connectivity index (χ4v) is 5.06.